The number of carbonyl (C=O) groups excluding carboxylic acids is 2. The number of hydrogen-bond acceptors (Lipinski definition) is 5. The third-order valence-electron chi connectivity index (χ3n) is 4.32. The van der Waals surface area contributed by atoms with E-state index in [1.54, 1.807) is 49.7 Å². The topological polar surface area (TPSA) is 77.9 Å². The summed E-state index contributed by atoms with van der Waals surface area (Å²) in [6.45, 7) is 2.00. The van der Waals surface area contributed by atoms with E-state index in [1.165, 1.54) is 28.4 Å². The summed E-state index contributed by atoms with van der Waals surface area (Å²) in [5, 5.41) is 8.91. The molecule has 0 unspecified atom stereocenters. The van der Waals surface area contributed by atoms with Gasteiger partial charge in [-0.3, -0.25) is 14.6 Å². The smallest absolute Gasteiger partial charge is 0.274 e. The van der Waals surface area contributed by atoms with Crippen molar-refractivity contribution in [3.05, 3.63) is 70.4 Å². The average molecular weight is 480 g/mol. The molecule has 1 aliphatic rings. The highest BCUT2D eigenvalue weighted by Crippen LogP contribution is 2.13. The van der Waals surface area contributed by atoms with Crippen LogP contribution in [0.25, 0.3) is 6.08 Å². The van der Waals surface area contributed by atoms with Crippen LogP contribution in [0.5, 0.6) is 0 Å². The number of hydrazone groups is 1. The molecule has 0 aromatic carbocycles. The number of hydrogen-bond donors (Lipinski definition) is 1. The second kappa shape index (κ2) is 12.8. The van der Waals surface area contributed by atoms with Crippen molar-refractivity contribution < 1.29 is 14.0 Å². The van der Waals surface area contributed by atoms with E-state index in [0.29, 0.717) is 30.4 Å². The molecule has 2 amide bonds. The van der Waals surface area contributed by atoms with Gasteiger partial charge in [0.25, 0.3) is 5.91 Å². The van der Waals surface area contributed by atoms with Crippen molar-refractivity contribution in [3.8, 4) is 0 Å². The zero-order valence-electron chi connectivity index (χ0n) is 17.8. The third kappa shape index (κ3) is 8.28. The molecule has 1 aromatic heterocycles. The fourth-order valence-electron chi connectivity index (χ4n) is 2.73. The summed E-state index contributed by atoms with van der Waals surface area (Å²) in [7, 11) is 1.64. The number of allylic oxidation sites excluding steroid dienone is 4. The summed E-state index contributed by atoms with van der Waals surface area (Å²) in [5.74, 6) is -1.02. The lowest BCUT2D eigenvalue weighted by atomic mass is 10.2. The first-order valence-electron chi connectivity index (χ1n) is 9.76. The molecule has 2 rings (SSSR count). The molecule has 2 heterocycles. The maximum atomic E-state index is 13.3. The van der Waals surface area contributed by atoms with E-state index in [2.05, 4.69) is 15.4 Å². The van der Waals surface area contributed by atoms with Gasteiger partial charge in [0.2, 0.25) is 5.91 Å². The zero-order chi connectivity index (χ0) is 23.5. The van der Waals surface area contributed by atoms with Crippen molar-refractivity contribution in [3.63, 3.8) is 0 Å². The molecule has 32 heavy (non-hydrogen) atoms. The van der Waals surface area contributed by atoms with Crippen LogP contribution in [0.2, 0.25) is 5.15 Å². The average Bonchev–Trinajstić information content (AvgIpc) is 2.76. The molecule has 0 radical (unpaired) electrons. The monoisotopic (exact) mass is 479 g/mol. The standard InChI is InChI=1S/C22H24Cl2FN5O2/c1-16(25)5-7-18(4-3-10-23)29(2)28-19(8-6-17-9-11-26-20(24)14-17)22(32)30-13-12-27-21(31)15-30/h3,5-11,14H,4,12-13,15H2,1-2H3,(H,27,31)/b8-6+,10-3+,16-5+,18-7+,28-19+. The fourth-order valence-corrected chi connectivity index (χ4v) is 3.00. The first kappa shape index (κ1) is 25.3. The van der Waals surface area contributed by atoms with Crippen LogP contribution in [0.4, 0.5) is 4.39 Å². The maximum Gasteiger partial charge on any atom is 0.274 e. The van der Waals surface area contributed by atoms with Crippen molar-refractivity contribution in [1.82, 2.24) is 20.2 Å². The predicted octanol–water partition coefficient (Wildman–Crippen LogP) is 3.89. The van der Waals surface area contributed by atoms with Gasteiger partial charge in [0, 0.05) is 44.0 Å². The van der Waals surface area contributed by atoms with Gasteiger partial charge in [-0.1, -0.05) is 35.4 Å². The van der Waals surface area contributed by atoms with Gasteiger partial charge in [-0.05, 0) is 42.8 Å². The van der Waals surface area contributed by atoms with E-state index in [1.807, 2.05) is 0 Å². The zero-order valence-corrected chi connectivity index (χ0v) is 19.3. The quantitative estimate of drug-likeness (QED) is 0.265. The highest BCUT2D eigenvalue weighted by Gasteiger charge is 2.24. The third-order valence-corrected chi connectivity index (χ3v) is 4.71. The van der Waals surface area contributed by atoms with Crippen molar-refractivity contribution >= 4 is 46.8 Å². The number of pyridine rings is 1. The SMILES string of the molecule is C/C(F)=C\C=C(/C/C=C/Cl)N(C)/N=C(\C=C\c1ccnc(Cl)c1)C(=O)N1CCNC(=O)C1. The minimum Gasteiger partial charge on any atom is -0.353 e. The Hall–Kier alpha value is -2.97. The van der Waals surface area contributed by atoms with E-state index < -0.39 is 5.91 Å². The van der Waals surface area contributed by atoms with Gasteiger partial charge in [0.15, 0.2) is 0 Å². The van der Waals surface area contributed by atoms with Crippen molar-refractivity contribution in [2.24, 2.45) is 5.10 Å². The van der Waals surface area contributed by atoms with Gasteiger partial charge < -0.3 is 10.2 Å². The minimum atomic E-state index is -0.410. The highest BCUT2D eigenvalue weighted by molar-refractivity contribution is 6.44. The molecule has 0 atom stereocenters. The Bertz CT molecular complexity index is 984. The summed E-state index contributed by atoms with van der Waals surface area (Å²) < 4.78 is 13.3. The van der Waals surface area contributed by atoms with Crippen molar-refractivity contribution in [1.29, 1.82) is 0 Å². The minimum absolute atomic E-state index is 0.0576. The predicted molar refractivity (Wildman–Crippen MR) is 126 cm³/mol. The Kier molecular flexibility index (Phi) is 10.1. The summed E-state index contributed by atoms with van der Waals surface area (Å²) in [6.07, 6.45) is 9.66. The number of aromatic nitrogens is 1. The van der Waals surface area contributed by atoms with Crippen LogP contribution in [0, 0.1) is 0 Å². The maximum absolute atomic E-state index is 13.3. The van der Waals surface area contributed by atoms with E-state index in [-0.39, 0.29) is 24.0 Å². The number of nitrogens with one attached hydrogen (secondary N) is 1. The van der Waals surface area contributed by atoms with Gasteiger partial charge in [-0.15, -0.1) is 0 Å². The molecule has 0 aliphatic carbocycles. The molecule has 1 aromatic rings. The molecule has 1 saturated heterocycles. The molecule has 1 aliphatic heterocycles. The Balaban J connectivity index is 2.41. The lowest BCUT2D eigenvalue weighted by Crippen LogP contribution is -2.51. The summed E-state index contributed by atoms with van der Waals surface area (Å²) in [4.78, 5) is 30.2. The Morgan fingerprint density at radius 2 is 2.22 bits per heavy atom. The van der Waals surface area contributed by atoms with Gasteiger partial charge in [-0.2, -0.15) is 5.10 Å². The molecule has 7 nitrogen and oxygen atoms in total. The summed E-state index contributed by atoms with van der Waals surface area (Å²) in [5.41, 5.74) is 2.77. The van der Waals surface area contributed by atoms with Gasteiger partial charge in [0.1, 0.15) is 10.9 Å². The number of rotatable bonds is 8. The molecular formula is C22H24Cl2FN5O2. The van der Waals surface area contributed by atoms with Crippen LogP contribution in [0.1, 0.15) is 18.9 Å². The number of halogens is 3. The molecule has 1 N–H and O–H groups in total. The highest BCUT2D eigenvalue weighted by atomic mass is 35.5. The van der Waals surface area contributed by atoms with Crippen LogP contribution < -0.4 is 5.32 Å². The van der Waals surface area contributed by atoms with Gasteiger partial charge in [0.05, 0.1) is 12.4 Å². The van der Waals surface area contributed by atoms with Gasteiger partial charge >= 0.3 is 0 Å². The van der Waals surface area contributed by atoms with Crippen molar-refractivity contribution in [2.45, 2.75) is 13.3 Å². The van der Waals surface area contributed by atoms with E-state index in [9.17, 15) is 14.0 Å². The van der Waals surface area contributed by atoms with Crippen LogP contribution in [0.15, 0.2) is 64.8 Å². The van der Waals surface area contributed by atoms with Crippen LogP contribution >= 0.6 is 23.2 Å². The Morgan fingerprint density at radius 1 is 1.44 bits per heavy atom. The van der Waals surface area contributed by atoms with Crippen molar-refractivity contribution in [2.75, 3.05) is 26.7 Å². The molecule has 0 saturated carbocycles. The molecule has 0 bridgehead atoms. The largest absolute Gasteiger partial charge is 0.353 e. The van der Waals surface area contributed by atoms with Gasteiger partial charge in [-0.25, -0.2) is 9.37 Å². The number of amides is 2. The lowest BCUT2D eigenvalue weighted by Gasteiger charge is -2.27. The van der Waals surface area contributed by atoms with E-state index in [4.69, 9.17) is 23.2 Å². The van der Waals surface area contributed by atoms with Crippen LogP contribution in [0.3, 0.4) is 0 Å². The van der Waals surface area contributed by atoms with Crippen LogP contribution in [-0.4, -0.2) is 59.1 Å². The fraction of sp³-hybridized carbons (Fsp3) is 0.273. The molecule has 10 heteroatoms. The van der Waals surface area contributed by atoms with E-state index >= 15 is 0 Å². The number of carbonyl (C=O) groups is 2. The molecule has 1 fully saturated rings. The van der Waals surface area contributed by atoms with Crippen LogP contribution in [-0.2, 0) is 9.59 Å². The van der Waals surface area contributed by atoms with E-state index in [0.717, 1.165) is 5.56 Å². The number of piperazine rings is 1. The second-order valence-corrected chi connectivity index (χ2v) is 7.45. The lowest BCUT2D eigenvalue weighted by molar-refractivity contribution is -0.133. The summed E-state index contributed by atoms with van der Waals surface area (Å²) in [6, 6.07) is 3.37. The normalized spacial score (nSPS) is 16.1. The summed E-state index contributed by atoms with van der Waals surface area (Å²) >= 11 is 11.6. The Morgan fingerprint density at radius 3 is 2.88 bits per heavy atom. The number of nitrogens with zero attached hydrogens (tertiary/aromatic N) is 4. The Labute approximate surface area is 196 Å². The first-order chi connectivity index (χ1) is 15.3. The molecule has 0 spiro atoms. The molecular weight excluding hydrogens is 456 g/mol. The second-order valence-electron chi connectivity index (χ2n) is 6.81. The first-order valence-corrected chi connectivity index (χ1v) is 10.6. The molecule has 170 valence electrons.